The zero-order valence-electron chi connectivity index (χ0n) is 13.7. The number of amides is 1. The first kappa shape index (κ1) is 16.8. The van der Waals surface area contributed by atoms with Crippen LogP contribution in [0.2, 0.25) is 0 Å². The van der Waals surface area contributed by atoms with Crippen molar-refractivity contribution in [1.82, 2.24) is 5.32 Å². The largest absolute Gasteiger partial charge is 0.386 e. The summed E-state index contributed by atoms with van der Waals surface area (Å²) in [7, 11) is 0. The summed E-state index contributed by atoms with van der Waals surface area (Å²) in [5, 5.41) is 2.74. The maximum atomic E-state index is 12.9. The van der Waals surface area contributed by atoms with Crippen LogP contribution in [0.25, 0.3) is 9.81 Å². The predicted molar refractivity (Wildman–Crippen MR) is 111 cm³/mol. The quantitative estimate of drug-likeness (QED) is 0.785. The SMILES string of the molecule is NC1=NC(=S)NC(=O)C12C=C(c1ccccc1)SC(c1ccccc1)=C2. The van der Waals surface area contributed by atoms with Gasteiger partial charge in [0.1, 0.15) is 11.3 Å². The number of nitrogens with zero attached hydrogens (tertiary/aromatic N) is 1. The lowest BCUT2D eigenvalue weighted by atomic mass is 9.82. The Hall–Kier alpha value is -2.70. The standard InChI is InChI=1S/C20H15N3OS2/c21-17-20(18(24)23-19(25)22-17)11-15(13-7-3-1-4-8-13)26-16(12-20)14-9-5-2-6-10-14/h1-12H,(H3,21,22,23,24,25). The number of thioether (sulfide) groups is 1. The fourth-order valence-electron chi connectivity index (χ4n) is 2.95. The van der Waals surface area contributed by atoms with Gasteiger partial charge < -0.3 is 5.73 Å². The van der Waals surface area contributed by atoms with Crippen molar-refractivity contribution < 1.29 is 4.79 Å². The van der Waals surface area contributed by atoms with Crippen LogP contribution in [-0.4, -0.2) is 16.9 Å². The molecule has 1 spiro atoms. The Morgan fingerprint density at radius 2 is 1.42 bits per heavy atom. The summed E-state index contributed by atoms with van der Waals surface area (Å²) >= 11 is 6.62. The zero-order valence-corrected chi connectivity index (χ0v) is 15.3. The Balaban J connectivity index is 1.92. The molecule has 2 heterocycles. The number of carbonyl (C=O) groups is 1. The van der Waals surface area contributed by atoms with E-state index in [4.69, 9.17) is 18.0 Å². The van der Waals surface area contributed by atoms with Gasteiger partial charge in [-0.3, -0.25) is 10.1 Å². The molecule has 0 radical (unpaired) electrons. The lowest BCUT2D eigenvalue weighted by molar-refractivity contribution is -0.122. The minimum absolute atomic E-state index is 0.0978. The second kappa shape index (κ2) is 6.55. The van der Waals surface area contributed by atoms with E-state index in [-0.39, 0.29) is 16.9 Å². The molecule has 0 saturated carbocycles. The number of nitrogens with two attached hydrogens (primary N) is 1. The highest BCUT2D eigenvalue weighted by molar-refractivity contribution is 8.16. The lowest BCUT2D eigenvalue weighted by Crippen LogP contribution is -2.53. The van der Waals surface area contributed by atoms with Crippen molar-refractivity contribution >= 4 is 50.6 Å². The zero-order chi connectivity index (χ0) is 18.1. The smallest absolute Gasteiger partial charge is 0.247 e. The van der Waals surface area contributed by atoms with Crippen LogP contribution in [0.1, 0.15) is 11.1 Å². The van der Waals surface area contributed by atoms with E-state index in [1.165, 1.54) is 0 Å². The van der Waals surface area contributed by atoms with Gasteiger partial charge in [-0.1, -0.05) is 72.4 Å². The summed E-state index contributed by atoms with van der Waals surface area (Å²) in [5.41, 5.74) is 7.10. The van der Waals surface area contributed by atoms with Gasteiger partial charge in [-0.05, 0) is 35.5 Å². The molecule has 0 aromatic heterocycles. The number of amidine groups is 1. The third-order valence-electron chi connectivity index (χ3n) is 4.30. The van der Waals surface area contributed by atoms with E-state index >= 15 is 0 Å². The second-order valence-corrected chi connectivity index (χ2v) is 7.45. The Kier molecular flexibility index (Phi) is 4.22. The minimum Gasteiger partial charge on any atom is -0.386 e. The van der Waals surface area contributed by atoms with Gasteiger partial charge in [-0.15, -0.1) is 0 Å². The highest BCUT2D eigenvalue weighted by atomic mass is 32.2. The molecule has 0 aliphatic carbocycles. The first-order valence-corrected chi connectivity index (χ1v) is 9.25. The maximum Gasteiger partial charge on any atom is 0.247 e. The van der Waals surface area contributed by atoms with Crippen molar-refractivity contribution in [3.8, 4) is 0 Å². The molecule has 6 heteroatoms. The van der Waals surface area contributed by atoms with Crippen LogP contribution in [0.4, 0.5) is 0 Å². The number of aliphatic imine (C=N–C) groups is 1. The number of hydrogen-bond acceptors (Lipinski definition) is 4. The fourth-order valence-corrected chi connectivity index (χ4v) is 4.37. The Labute approximate surface area is 160 Å². The van der Waals surface area contributed by atoms with Crippen molar-refractivity contribution in [1.29, 1.82) is 0 Å². The Morgan fingerprint density at radius 3 is 1.88 bits per heavy atom. The molecule has 2 aromatic carbocycles. The van der Waals surface area contributed by atoms with Crippen molar-refractivity contribution in [3.05, 3.63) is 83.9 Å². The highest BCUT2D eigenvalue weighted by Crippen LogP contribution is 2.48. The molecule has 1 amide bonds. The molecule has 0 saturated heterocycles. The van der Waals surface area contributed by atoms with E-state index in [1.54, 1.807) is 11.8 Å². The molecule has 128 valence electrons. The molecular weight excluding hydrogens is 362 g/mol. The molecule has 0 atom stereocenters. The van der Waals surface area contributed by atoms with E-state index in [0.717, 1.165) is 20.9 Å². The van der Waals surface area contributed by atoms with E-state index < -0.39 is 5.41 Å². The summed E-state index contributed by atoms with van der Waals surface area (Å²) in [6.07, 6.45) is 3.74. The van der Waals surface area contributed by atoms with Gasteiger partial charge in [-0.2, -0.15) is 0 Å². The van der Waals surface area contributed by atoms with E-state index in [1.807, 2.05) is 72.8 Å². The molecule has 2 aliphatic rings. The van der Waals surface area contributed by atoms with Gasteiger partial charge in [0.15, 0.2) is 0 Å². The molecule has 26 heavy (non-hydrogen) atoms. The molecule has 0 bridgehead atoms. The molecule has 4 rings (SSSR count). The number of thiocarbonyl (C=S) groups is 1. The van der Waals surface area contributed by atoms with Gasteiger partial charge in [-0.25, -0.2) is 4.99 Å². The van der Waals surface area contributed by atoms with Gasteiger partial charge >= 0.3 is 0 Å². The van der Waals surface area contributed by atoms with Crippen molar-refractivity contribution in [3.63, 3.8) is 0 Å². The van der Waals surface area contributed by atoms with Crippen molar-refractivity contribution in [2.75, 3.05) is 0 Å². The summed E-state index contributed by atoms with van der Waals surface area (Å²) in [5.74, 6) is -0.0921. The van der Waals surface area contributed by atoms with Gasteiger partial charge in [0, 0.05) is 9.81 Å². The summed E-state index contributed by atoms with van der Waals surface area (Å²) in [4.78, 5) is 19.0. The summed E-state index contributed by atoms with van der Waals surface area (Å²) < 4.78 is 0. The van der Waals surface area contributed by atoms with E-state index in [2.05, 4.69) is 10.3 Å². The van der Waals surface area contributed by atoms with Crippen LogP contribution >= 0.6 is 24.0 Å². The highest BCUT2D eigenvalue weighted by Gasteiger charge is 2.45. The number of rotatable bonds is 2. The second-order valence-electron chi connectivity index (χ2n) is 5.98. The average molecular weight is 377 g/mol. The molecule has 3 N–H and O–H groups in total. The van der Waals surface area contributed by atoms with E-state index in [0.29, 0.717) is 0 Å². The van der Waals surface area contributed by atoms with Crippen LogP contribution in [-0.2, 0) is 4.79 Å². The minimum atomic E-state index is -1.15. The van der Waals surface area contributed by atoms with Crippen molar-refractivity contribution in [2.24, 2.45) is 16.1 Å². The van der Waals surface area contributed by atoms with Crippen LogP contribution in [0.3, 0.4) is 0 Å². The van der Waals surface area contributed by atoms with Gasteiger partial charge in [0.25, 0.3) is 0 Å². The van der Waals surface area contributed by atoms with Gasteiger partial charge in [0.2, 0.25) is 11.0 Å². The third kappa shape index (κ3) is 2.87. The first-order valence-electron chi connectivity index (χ1n) is 8.03. The predicted octanol–water partition coefficient (Wildman–Crippen LogP) is 3.57. The maximum absolute atomic E-state index is 12.9. The van der Waals surface area contributed by atoms with E-state index in [9.17, 15) is 4.79 Å². The number of hydrogen-bond donors (Lipinski definition) is 2. The number of carbonyl (C=O) groups excluding carboxylic acids is 1. The third-order valence-corrected chi connectivity index (χ3v) is 5.64. The lowest BCUT2D eigenvalue weighted by Gasteiger charge is -2.33. The molecule has 0 unspecified atom stereocenters. The number of nitrogens with one attached hydrogen (secondary N) is 1. The molecule has 2 aliphatic heterocycles. The Morgan fingerprint density at radius 1 is 0.923 bits per heavy atom. The molecule has 2 aromatic rings. The van der Waals surface area contributed by atoms with Crippen LogP contribution in [0.5, 0.6) is 0 Å². The van der Waals surface area contributed by atoms with Crippen LogP contribution in [0, 0.1) is 5.41 Å². The molecule has 0 fully saturated rings. The number of benzene rings is 2. The summed E-state index contributed by atoms with van der Waals surface area (Å²) in [6, 6.07) is 19.9. The summed E-state index contributed by atoms with van der Waals surface area (Å²) in [6.45, 7) is 0. The average Bonchev–Trinajstić information content (AvgIpc) is 2.67. The fraction of sp³-hybridized carbons (Fsp3) is 0.0500. The monoisotopic (exact) mass is 377 g/mol. The molecule has 4 nitrogen and oxygen atoms in total. The van der Waals surface area contributed by atoms with Gasteiger partial charge in [0.05, 0.1) is 0 Å². The van der Waals surface area contributed by atoms with Crippen LogP contribution < -0.4 is 11.1 Å². The van der Waals surface area contributed by atoms with Crippen molar-refractivity contribution in [2.45, 2.75) is 0 Å². The molecular formula is C20H15N3OS2. The first-order chi connectivity index (χ1) is 12.6. The Bertz CT molecular complexity index is 923. The van der Waals surface area contributed by atoms with Crippen LogP contribution in [0.15, 0.2) is 77.8 Å². The topological polar surface area (TPSA) is 67.5 Å². The normalized spacial score (nSPS) is 18.7.